The Labute approximate surface area is 100 Å². The zero-order valence-electron chi connectivity index (χ0n) is 9.53. The molecule has 3 rings (SSSR count). The van der Waals surface area contributed by atoms with Crippen LogP contribution in [0.15, 0.2) is 36.7 Å². The molecule has 17 heavy (non-hydrogen) atoms. The monoisotopic (exact) mass is 226 g/mol. The van der Waals surface area contributed by atoms with E-state index >= 15 is 0 Å². The molecule has 0 spiro atoms. The zero-order chi connectivity index (χ0) is 11.5. The van der Waals surface area contributed by atoms with Crippen molar-refractivity contribution in [1.29, 1.82) is 0 Å². The highest BCUT2D eigenvalue weighted by molar-refractivity contribution is 5.20. The van der Waals surface area contributed by atoms with Gasteiger partial charge in [0.1, 0.15) is 0 Å². The molecule has 2 aromatic heterocycles. The molecule has 1 saturated carbocycles. The van der Waals surface area contributed by atoms with Crippen molar-refractivity contribution in [2.45, 2.75) is 31.1 Å². The number of hydrogen-bond acceptors (Lipinski definition) is 4. The second-order valence-electron chi connectivity index (χ2n) is 4.44. The van der Waals surface area contributed by atoms with Gasteiger partial charge in [0.25, 0.3) is 0 Å². The number of rotatable bonds is 2. The Morgan fingerprint density at radius 1 is 0.824 bits per heavy atom. The highest BCUT2D eigenvalue weighted by Crippen LogP contribution is 2.44. The Balaban J connectivity index is 1.91. The maximum absolute atomic E-state index is 4.24. The largest absolute Gasteiger partial charge is 0.159 e. The molecule has 2 unspecified atom stereocenters. The fourth-order valence-electron chi connectivity index (χ4n) is 2.69. The molecule has 0 aliphatic heterocycles. The molecule has 0 radical (unpaired) electrons. The molecule has 1 aliphatic carbocycles. The lowest BCUT2D eigenvalue weighted by Gasteiger charge is -2.17. The minimum Gasteiger partial charge on any atom is -0.159 e. The van der Waals surface area contributed by atoms with Gasteiger partial charge in [0.15, 0.2) is 0 Å². The predicted octanol–water partition coefficient (Wildman–Crippen LogP) is 2.32. The Bertz CT molecular complexity index is 426. The molecule has 2 atom stereocenters. The third-order valence-corrected chi connectivity index (χ3v) is 3.46. The standard InChI is InChI=1S/C13H14N4/c1-4-10(12-6-2-8-14-16-12)11(5-1)13-7-3-9-15-17-13/h2-3,6-11H,1,4-5H2. The van der Waals surface area contributed by atoms with Gasteiger partial charge in [-0.05, 0) is 37.1 Å². The summed E-state index contributed by atoms with van der Waals surface area (Å²) in [7, 11) is 0. The first kappa shape index (κ1) is 10.3. The smallest absolute Gasteiger partial charge is 0.0668 e. The van der Waals surface area contributed by atoms with Crippen LogP contribution in [0.5, 0.6) is 0 Å². The molecule has 0 amide bonds. The van der Waals surface area contributed by atoms with E-state index in [-0.39, 0.29) is 0 Å². The summed E-state index contributed by atoms with van der Waals surface area (Å²) in [5, 5.41) is 16.4. The SMILES string of the molecule is c1cnnc(C2CCCC2c2cccnn2)c1. The molecule has 0 saturated heterocycles. The summed E-state index contributed by atoms with van der Waals surface area (Å²) in [6.45, 7) is 0. The summed E-state index contributed by atoms with van der Waals surface area (Å²) >= 11 is 0. The third kappa shape index (κ3) is 2.02. The highest BCUT2D eigenvalue weighted by Gasteiger charge is 2.31. The quantitative estimate of drug-likeness (QED) is 0.788. The minimum atomic E-state index is 0.445. The van der Waals surface area contributed by atoms with Gasteiger partial charge in [0, 0.05) is 24.2 Å². The molecule has 2 aromatic rings. The first-order chi connectivity index (χ1) is 8.45. The van der Waals surface area contributed by atoms with Gasteiger partial charge >= 0.3 is 0 Å². The van der Waals surface area contributed by atoms with Crippen LogP contribution in [-0.2, 0) is 0 Å². The summed E-state index contributed by atoms with van der Waals surface area (Å²) in [4.78, 5) is 0. The van der Waals surface area contributed by atoms with Gasteiger partial charge in [-0.3, -0.25) is 0 Å². The molecule has 0 N–H and O–H groups in total. The van der Waals surface area contributed by atoms with Crippen LogP contribution in [0.1, 0.15) is 42.5 Å². The molecular formula is C13H14N4. The van der Waals surface area contributed by atoms with Gasteiger partial charge in [0.05, 0.1) is 11.4 Å². The van der Waals surface area contributed by atoms with E-state index in [1.165, 1.54) is 19.3 Å². The second-order valence-corrected chi connectivity index (χ2v) is 4.44. The van der Waals surface area contributed by atoms with Crippen LogP contribution in [0.25, 0.3) is 0 Å². The van der Waals surface area contributed by atoms with E-state index in [1.807, 2.05) is 12.1 Å². The average molecular weight is 226 g/mol. The summed E-state index contributed by atoms with van der Waals surface area (Å²) in [6.07, 6.45) is 6.99. The van der Waals surface area contributed by atoms with Gasteiger partial charge in [-0.25, -0.2) is 0 Å². The lowest BCUT2D eigenvalue weighted by Crippen LogP contribution is -2.09. The van der Waals surface area contributed by atoms with Crippen LogP contribution in [0.4, 0.5) is 0 Å². The van der Waals surface area contributed by atoms with Crippen molar-refractivity contribution in [2.24, 2.45) is 0 Å². The fourth-order valence-corrected chi connectivity index (χ4v) is 2.69. The normalized spacial score (nSPS) is 23.8. The number of nitrogens with zero attached hydrogens (tertiary/aromatic N) is 4. The van der Waals surface area contributed by atoms with Crippen molar-refractivity contribution in [3.63, 3.8) is 0 Å². The van der Waals surface area contributed by atoms with Crippen LogP contribution < -0.4 is 0 Å². The third-order valence-electron chi connectivity index (χ3n) is 3.46. The van der Waals surface area contributed by atoms with Crippen LogP contribution in [0.3, 0.4) is 0 Å². The molecule has 2 heterocycles. The van der Waals surface area contributed by atoms with E-state index in [0.29, 0.717) is 11.8 Å². The van der Waals surface area contributed by atoms with Crippen LogP contribution in [-0.4, -0.2) is 20.4 Å². The number of hydrogen-bond donors (Lipinski definition) is 0. The maximum Gasteiger partial charge on any atom is 0.0668 e. The van der Waals surface area contributed by atoms with Crippen LogP contribution in [0.2, 0.25) is 0 Å². The van der Waals surface area contributed by atoms with Crippen molar-refractivity contribution >= 4 is 0 Å². The first-order valence-electron chi connectivity index (χ1n) is 6.00. The first-order valence-corrected chi connectivity index (χ1v) is 6.00. The van der Waals surface area contributed by atoms with Gasteiger partial charge in [-0.2, -0.15) is 20.4 Å². The summed E-state index contributed by atoms with van der Waals surface area (Å²) < 4.78 is 0. The van der Waals surface area contributed by atoms with E-state index < -0.39 is 0 Å². The molecule has 4 heteroatoms. The Morgan fingerprint density at radius 3 is 1.76 bits per heavy atom. The summed E-state index contributed by atoms with van der Waals surface area (Å²) in [5.41, 5.74) is 2.17. The zero-order valence-corrected chi connectivity index (χ0v) is 9.53. The Kier molecular flexibility index (Phi) is 2.78. The van der Waals surface area contributed by atoms with Crippen molar-refractivity contribution in [1.82, 2.24) is 20.4 Å². The summed E-state index contributed by atoms with van der Waals surface area (Å²) in [5.74, 6) is 0.890. The van der Waals surface area contributed by atoms with Gasteiger partial charge in [-0.1, -0.05) is 6.42 Å². The van der Waals surface area contributed by atoms with Gasteiger partial charge in [0.2, 0.25) is 0 Å². The van der Waals surface area contributed by atoms with Gasteiger partial charge in [-0.15, -0.1) is 0 Å². The molecule has 1 fully saturated rings. The van der Waals surface area contributed by atoms with E-state index in [2.05, 4.69) is 32.5 Å². The second kappa shape index (κ2) is 4.57. The van der Waals surface area contributed by atoms with Crippen LogP contribution in [0, 0.1) is 0 Å². The van der Waals surface area contributed by atoms with Crippen molar-refractivity contribution in [2.75, 3.05) is 0 Å². The van der Waals surface area contributed by atoms with Gasteiger partial charge < -0.3 is 0 Å². The Morgan fingerprint density at radius 2 is 1.35 bits per heavy atom. The van der Waals surface area contributed by atoms with Crippen molar-refractivity contribution in [3.8, 4) is 0 Å². The van der Waals surface area contributed by atoms with Crippen molar-refractivity contribution in [3.05, 3.63) is 48.0 Å². The molecular weight excluding hydrogens is 212 g/mol. The molecule has 4 nitrogen and oxygen atoms in total. The molecule has 1 aliphatic rings. The van der Waals surface area contributed by atoms with E-state index in [9.17, 15) is 0 Å². The minimum absolute atomic E-state index is 0.445. The number of aromatic nitrogens is 4. The topological polar surface area (TPSA) is 51.6 Å². The molecule has 0 bridgehead atoms. The average Bonchev–Trinajstić information content (AvgIpc) is 2.90. The lowest BCUT2D eigenvalue weighted by molar-refractivity contribution is 0.578. The maximum atomic E-state index is 4.24. The van der Waals surface area contributed by atoms with E-state index in [4.69, 9.17) is 0 Å². The Hall–Kier alpha value is -1.84. The molecule has 0 aromatic carbocycles. The molecule has 86 valence electrons. The van der Waals surface area contributed by atoms with Crippen LogP contribution >= 0.6 is 0 Å². The fraction of sp³-hybridized carbons (Fsp3) is 0.385. The highest BCUT2D eigenvalue weighted by atomic mass is 15.1. The predicted molar refractivity (Wildman–Crippen MR) is 63.4 cm³/mol. The summed E-state index contributed by atoms with van der Waals surface area (Å²) in [6, 6.07) is 8.03. The van der Waals surface area contributed by atoms with E-state index in [0.717, 1.165) is 11.4 Å². The van der Waals surface area contributed by atoms with Crippen molar-refractivity contribution < 1.29 is 0 Å². The lowest BCUT2D eigenvalue weighted by atomic mass is 9.90. The van der Waals surface area contributed by atoms with E-state index in [1.54, 1.807) is 12.4 Å².